The van der Waals surface area contributed by atoms with Crippen LogP contribution in [0.5, 0.6) is 5.75 Å². The van der Waals surface area contributed by atoms with Gasteiger partial charge in [-0.2, -0.15) is 0 Å². The van der Waals surface area contributed by atoms with Crippen LogP contribution in [0, 0.1) is 0 Å². The molecule has 0 saturated carbocycles. The van der Waals surface area contributed by atoms with Crippen LogP contribution in [0.2, 0.25) is 0 Å². The number of esters is 2. The smallest absolute Gasteiger partial charge is 0.342 e. The van der Waals surface area contributed by atoms with E-state index in [2.05, 4.69) is 0 Å². The number of aliphatic carboxylic acids is 2. The maximum absolute atomic E-state index is 12.3. The number of ether oxygens (including phenoxy) is 2. The van der Waals surface area contributed by atoms with Gasteiger partial charge in [-0.15, -0.1) is 0 Å². The molecule has 0 aromatic heterocycles. The van der Waals surface area contributed by atoms with Crippen LogP contribution in [0.4, 0.5) is 0 Å². The van der Waals surface area contributed by atoms with E-state index in [0.29, 0.717) is 15.5 Å². The zero-order valence-corrected chi connectivity index (χ0v) is 19.2. The summed E-state index contributed by atoms with van der Waals surface area (Å²) in [7, 11) is 11.0. The normalized spacial score (nSPS) is 12.1. The van der Waals surface area contributed by atoms with Crippen LogP contribution in [-0.4, -0.2) is 94.3 Å². The number of nitrogens with zero attached hydrogens (tertiary/aromatic N) is 2. The number of rotatable bonds is 9. The molecule has 0 spiro atoms. The zero-order chi connectivity index (χ0) is 24.4. The summed E-state index contributed by atoms with van der Waals surface area (Å²) in [4.78, 5) is 44.1. The molecule has 1 aromatic rings. The molecule has 10 nitrogen and oxygen atoms in total. The fraction of sp³-hybridized carbons (Fsp3) is 0.524. The number of likely N-dealkylation sites (N-methyl/N-ethyl adjacent to an activating group) is 2. The average Bonchev–Trinajstić information content (AvgIpc) is 2.50. The molecule has 174 valence electrons. The van der Waals surface area contributed by atoms with Crippen molar-refractivity contribution in [3.63, 3.8) is 0 Å². The lowest BCUT2D eigenvalue weighted by molar-refractivity contribution is -0.873. The number of quaternary nitrogens is 2. The molecule has 0 aliphatic rings. The van der Waals surface area contributed by atoms with Gasteiger partial charge in [-0.05, 0) is 12.1 Å². The zero-order valence-electron chi connectivity index (χ0n) is 19.2. The molecule has 1 aromatic carbocycles. The Morgan fingerprint density at radius 3 is 1.84 bits per heavy atom. The van der Waals surface area contributed by atoms with Crippen LogP contribution in [-0.2, 0) is 19.1 Å². The number of hydrogen-bond acceptors (Lipinski definition) is 8. The monoisotopic (exact) mass is 440 g/mol. The van der Waals surface area contributed by atoms with Gasteiger partial charge in [0.25, 0.3) is 0 Å². The van der Waals surface area contributed by atoms with E-state index in [-0.39, 0.29) is 17.9 Å². The Bertz CT molecular complexity index is 778. The highest BCUT2D eigenvalue weighted by Gasteiger charge is 2.25. The Morgan fingerprint density at radius 1 is 0.903 bits per heavy atom. The molecular weight excluding hydrogens is 408 g/mol. The third kappa shape index (κ3) is 14.6. The van der Waals surface area contributed by atoms with Crippen LogP contribution < -0.4 is 14.9 Å². The Labute approximate surface area is 182 Å². The largest absolute Gasteiger partial charge is 0.550 e. The van der Waals surface area contributed by atoms with Crippen molar-refractivity contribution in [3.8, 4) is 5.75 Å². The lowest BCUT2D eigenvalue weighted by Crippen LogP contribution is -2.45. The topological polar surface area (TPSA) is 133 Å². The first-order valence-corrected chi connectivity index (χ1v) is 9.49. The molecule has 0 N–H and O–H groups in total. The fourth-order valence-corrected chi connectivity index (χ4v) is 2.42. The summed E-state index contributed by atoms with van der Waals surface area (Å²) >= 11 is 0. The summed E-state index contributed by atoms with van der Waals surface area (Å²) in [5, 5.41) is 20.7. The third-order valence-electron chi connectivity index (χ3n) is 3.38. The maximum Gasteiger partial charge on any atom is 0.342 e. The lowest BCUT2D eigenvalue weighted by atomic mass is 10.2. The molecule has 0 aliphatic carbocycles. The van der Waals surface area contributed by atoms with Crippen LogP contribution >= 0.6 is 0 Å². The second-order valence-electron chi connectivity index (χ2n) is 8.99. The minimum atomic E-state index is -1.30. The van der Waals surface area contributed by atoms with Gasteiger partial charge in [-0.25, -0.2) is 4.79 Å². The van der Waals surface area contributed by atoms with Crippen molar-refractivity contribution in [1.29, 1.82) is 0 Å². The minimum Gasteiger partial charge on any atom is -0.550 e. The fourth-order valence-electron chi connectivity index (χ4n) is 2.42. The van der Waals surface area contributed by atoms with Gasteiger partial charge in [0.15, 0.2) is 6.10 Å². The Balaban J connectivity index is 0.000000954. The number of carboxylic acid groups (broad SMARTS) is 2. The molecule has 10 heteroatoms. The van der Waals surface area contributed by atoms with Crippen LogP contribution in [0.25, 0.3) is 0 Å². The maximum atomic E-state index is 12.3. The van der Waals surface area contributed by atoms with E-state index in [4.69, 9.17) is 9.47 Å². The Kier molecular flexibility index (Phi) is 10.9. The molecule has 0 saturated heterocycles. The Morgan fingerprint density at radius 2 is 1.45 bits per heavy atom. The van der Waals surface area contributed by atoms with Crippen LogP contribution in [0.15, 0.2) is 24.3 Å². The van der Waals surface area contributed by atoms with Gasteiger partial charge in [-0.3, -0.25) is 4.79 Å². The van der Waals surface area contributed by atoms with E-state index in [1.54, 1.807) is 33.3 Å². The van der Waals surface area contributed by atoms with Gasteiger partial charge in [-0.1, -0.05) is 12.1 Å². The van der Waals surface area contributed by atoms with E-state index < -0.39 is 36.4 Å². The quantitative estimate of drug-likeness (QED) is 0.255. The molecule has 0 amide bonds. The van der Waals surface area contributed by atoms with Crippen molar-refractivity contribution in [1.82, 2.24) is 0 Å². The van der Waals surface area contributed by atoms with Crippen molar-refractivity contribution in [2.75, 3.05) is 55.4 Å². The SMILES string of the molecule is CC(=O)Oc1ccccc1C(=O)OC(CC(=O)[O-])C[N+](C)(C)C.C[N+](C)(C)CC(=O)[O-]. The molecule has 0 aliphatic heterocycles. The van der Waals surface area contributed by atoms with Crippen molar-refractivity contribution in [2.24, 2.45) is 0 Å². The van der Waals surface area contributed by atoms with Gasteiger partial charge in [0, 0.05) is 19.3 Å². The van der Waals surface area contributed by atoms with Gasteiger partial charge in [0.1, 0.15) is 24.4 Å². The van der Waals surface area contributed by atoms with E-state index in [0.717, 1.165) is 0 Å². The van der Waals surface area contributed by atoms with E-state index in [9.17, 15) is 29.4 Å². The van der Waals surface area contributed by atoms with Crippen LogP contribution in [0.3, 0.4) is 0 Å². The first kappa shape index (κ1) is 28.0. The highest BCUT2D eigenvalue weighted by molar-refractivity contribution is 5.93. The van der Waals surface area contributed by atoms with Gasteiger partial charge in [0.2, 0.25) is 0 Å². The second-order valence-corrected chi connectivity index (χ2v) is 8.99. The Hall–Kier alpha value is -2.98. The number of benzene rings is 1. The summed E-state index contributed by atoms with van der Waals surface area (Å²) in [6, 6.07) is 6.12. The number of para-hydroxylation sites is 1. The molecule has 0 bridgehead atoms. The number of carboxylic acids is 2. The van der Waals surface area contributed by atoms with Crippen molar-refractivity contribution in [2.45, 2.75) is 19.4 Å². The summed E-state index contributed by atoms with van der Waals surface area (Å²) in [5.74, 6) is -3.55. The predicted molar refractivity (Wildman–Crippen MR) is 107 cm³/mol. The first-order valence-electron chi connectivity index (χ1n) is 9.49. The number of carbonyl (C=O) groups excluding carboxylic acids is 4. The highest BCUT2D eigenvalue weighted by atomic mass is 16.6. The van der Waals surface area contributed by atoms with Gasteiger partial charge in [0.05, 0.1) is 48.3 Å². The minimum absolute atomic E-state index is 0.0625. The lowest BCUT2D eigenvalue weighted by Gasteiger charge is -2.29. The number of hydrogen-bond donors (Lipinski definition) is 0. The average molecular weight is 440 g/mol. The summed E-state index contributed by atoms with van der Waals surface area (Å²) in [6.07, 6.45) is -1.25. The molecular formula is C21H32N2O8. The molecule has 31 heavy (non-hydrogen) atoms. The first-order chi connectivity index (χ1) is 14.0. The molecule has 1 unspecified atom stereocenters. The van der Waals surface area contributed by atoms with Crippen LogP contribution in [0.1, 0.15) is 23.7 Å². The number of carbonyl (C=O) groups is 4. The molecule has 0 radical (unpaired) electrons. The van der Waals surface area contributed by atoms with Gasteiger partial charge >= 0.3 is 11.9 Å². The van der Waals surface area contributed by atoms with Crippen molar-refractivity contribution in [3.05, 3.63) is 29.8 Å². The summed E-state index contributed by atoms with van der Waals surface area (Å²) in [6.45, 7) is 1.59. The molecule has 1 rings (SSSR count). The third-order valence-corrected chi connectivity index (χ3v) is 3.38. The van der Waals surface area contributed by atoms with E-state index in [1.165, 1.54) is 19.1 Å². The van der Waals surface area contributed by atoms with E-state index in [1.807, 2.05) is 21.1 Å². The molecule has 0 heterocycles. The molecule has 0 fully saturated rings. The van der Waals surface area contributed by atoms with Gasteiger partial charge < -0.3 is 38.2 Å². The summed E-state index contributed by atoms with van der Waals surface area (Å²) < 4.78 is 11.1. The highest BCUT2D eigenvalue weighted by Crippen LogP contribution is 2.20. The second kappa shape index (κ2) is 12.0. The van der Waals surface area contributed by atoms with Crippen molar-refractivity contribution >= 4 is 23.9 Å². The summed E-state index contributed by atoms with van der Waals surface area (Å²) in [5.41, 5.74) is 0.0625. The van der Waals surface area contributed by atoms with E-state index >= 15 is 0 Å². The standard InChI is InChI=1S/C16H21NO6.C5H11NO2/c1-11(18)22-14-8-6-5-7-13(14)16(21)23-12(9-15(19)20)10-17(2,3)4;1-6(2,3)4-5(7)8/h5-8,12H,9-10H2,1-4H3;4H2,1-3H3. The predicted octanol–water partition coefficient (Wildman–Crippen LogP) is -1.57. The molecule has 1 atom stereocenters. The van der Waals surface area contributed by atoms with Crippen molar-refractivity contribution < 1.29 is 47.8 Å².